The first kappa shape index (κ1) is 21.9. The van der Waals surface area contributed by atoms with Gasteiger partial charge in [-0.15, -0.1) is 0 Å². The first-order chi connectivity index (χ1) is 16.5. The Bertz CT molecular complexity index is 1280. The fraction of sp³-hybridized carbons (Fsp3) is 0.440. The van der Waals surface area contributed by atoms with Crippen LogP contribution in [-0.2, 0) is 20.2 Å². The molecule has 0 bridgehead atoms. The van der Waals surface area contributed by atoms with Gasteiger partial charge in [0.15, 0.2) is 6.10 Å². The molecule has 178 valence electrons. The average molecular weight is 483 g/mol. The highest BCUT2D eigenvalue weighted by Crippen LogP contribution is 2.37. The summed E-state index contributed by atoms with van der Waals surface area (Å²) in [5.41, 5.74) is 3.42. The number of fused-ring (bicyclic) bond motifs is 2. The molecule has 3 heterocycles. The minimum absolute atomic E-state index is 0.0337. The van der Waals surface area contributed by atoms with Crippen molar-refractivity contribution in [3.05, 3.63) is 48.0 Å². The van der Waals surface area contributed by atoms with Gasteiger partial charge in [-0.1, -0.05) is 10.7 Å². The number of nitrogens with zero attached hydrogens (tertiary/aromatic N) is 3. The predicted octanol–water partition coefficient (Wildman–Crippen LogP) is 4.98. The van der Waals surface area contributed by atoms with Gasteiger partial charge in [-0.25, -0.2) is 18.7 Å². The lowest BCUT2D eigenvalue weighted by Crippen LogP contribution is -2.32. The van der Waals surface area contributed by atoms with E-state index in [0.717, 1.165) is 33.8 Å². The zero-order valence-electron chi connectivity index (χ0n) is 19.2. The van der Waals surface area contributed by atoms with Crippen LogP contribution in [0.3, 0.4) is 0 Å². The molecule has 1 saturated carbocycles. The van der Waals surface area contributed by atoms with Crippen LogP contribution in [0.1, 0.15) is 24.8 Å². The summed E-state index contributed by atoms with van der Waals surface area (Å²) in [5, 5.41) is 4.99. The Hall–Kier alpha value is -2.62. The Kier molecular flexibility index (Phi) is 5.71. The van der Waals surface area contributed by atoms with Crippen molar-refractivity contribution in [1.82, 2.24) is 9.97 Å². The molecule has 0 radical (unpaired) electrons. The topological polar surface area (TPSA) is 77.9 Å². The molecule has 34 heavy (non-hydrogen) atoms. The lowest BCUT2D eigenvalue weighted by atomic mass is 10.1. The van der Waals surface area contributed by atoms with Crippen LogP contribution in [0.2, 0.25) is 0 Å². The molecule has 3 aliphatic rings. The molecule has 1 N–H and O–H groups in total. The molecule has 7 nitrogen and oxygen atoms in total. The van der Waals surface area contributed by atoms with E-state index in [0.29, 0.717) is 30.5 Å². The van der Waals surface area contributed by atoms with Crippen molar-refractivity contribution in [2.24, 2.45) is 4.36 Å². The fourth-order valence-electron chi connectivity index (χ4n) is 4.69. The van der Waals surface area contributed by atoms with E-state index in [4.69, 9.17) is 18.6 Å². The highest BCUT2D eigenvalue weighted by Gasteiger charge is 2.43. The Morgan fingerprint density at radius 3 is 2.88 bits per heavy atom. The van der Waals surface area contributed by atoms with Crippen LogP contribution >= 0.6 is 0 Å². The zero-order valence-corrected chi connectivity index (χ0v) is 20.0. The molecule has 2 aliphatic heterocycles. The van der Waals surface area contributed by atoms with E-state index in [-0.39, 0.29) is 34.8 Å². The van der Waals surface area contributed by atoms with Crippen molar-refractivity contribution in [2.75, 3.05) is 24.8 Å². The quantitative estimate of drug-likeness (QED) is 0.534. The summed E-state index contributed by atoms with van der Waals surface area (Å²) in [6.45, 7) is 3.12. The van der Waals surface area contributed by atoms with E-state index < -0.39 is 0 Å². The number of aryl methyl sites for hydroxylation is 1. The van der Waals surface area contributed by atoms with Crippen molar-refractivity contribution < 1.29 is 18.6 Å². The smallest absolute Gasteiger partial charge is 0.151 e. The number of hydrogen-bond acceptors (Lipinski definition) is 7. The van der Waals surface area contributed by atoms with E-state index in [1.807, 2.05) is 13.0 Å². The number of hydrogen-bond donors (Lipinski definition) is 1. The summed E-state index contributed by atoms with van der Waals surface area (Å²) in [7, 11) is 0.0337. The number of ether oxygens (including phenoxy) is 3. The predicted molar refractivity (Wildman–Crippen MR) is 131 cm³/mol. The number of anilines is 2. The van der Waals surface area contributed by atoms with Crippen molar-refractivity contribution in [1.29, 1.82) is 0 Å². The van der Waals surface area contributed by atoms with Gasteiger partial charge in [0.1, 0.15) is 29.8 Å². The van der Waals surface area contributed by atoms with Crippen LogP contribution < -0.4 is 10.1 Å². The SMILES string of the molecule is Cc1cc(N=S(C)C2CC2)cc2ncnc(Nc3ccc(F)cc3O[C@@H]3COC4CCOC43)c12. The Balaban J connectivity index is 1.31. The lowest BCUT2D eigenvalue weighted by Gasteiger charge is -2.21. The summed E-state index contributed by atoms with van der Waals surface area (Å²) in [5.74, 6) is 0.671. The molecule has 1 aliphatic carbocycles. The lowest BCUT2D eigenvalue weighted by molar-refractivity contribution is 0.0310. The maximum atomic E-state index is 14.1. The number of aromatic nitrogens is 2. The zero-order chi connectivity index (χ0) is 23.2. The van der Waals surface area contributed by atoms with E-state index in [2.05, 4.69) is 27.6 Å². The van der Waals surface area contributed by atoms with Gasteiger partial charge in [-0.3, -0.25) is 0 Å². The van der Waals surface area contributed by atoms with Crippen LogP contribution in [0.5, 0.6) is 5.75 Å². The second kappa shape index (κ2) is 8.87. The Morgan fingerprint density at radius 1 is 1.15 bits per heavy atom. The summed E-state index contributed by atoms with van der Waals surface area (Å²) in [6, 6.07) is 8.55. The second-order valence-electron chi connectivity index (χ2n) is 9.11. The van der Waals surface area contributed by atoms with Gasteiger partial charge < -0.3 is 19.5 Å². The van der Waals surface area contributed by atoms with E-state index in [9.17, 15) is 4.39 Å². The Labute approximate surface area is 200 Å². The van der Waals surface area contributed by atoms with Crippen molar-refractivity contribution in [3.8, 4) is 5.75 Å². The van der Waals surface area contributed by atoms with E-state index >= 15 is 0 Å². The first-order valence-electron chi connectivity index (χ1n) is 11.6. The molecular formula is C25H27FN4O3S. The Morgan fingerprint density at radius 2 is 2.03 bits per heavy atom. The molecule has 4 atom stereocenters. The first-order valence-corrected chi connectivity index (χ1v) is 13.3. The third-order valence-corrected chi connectivity index (χ3v) is 8.51. The molecule has 0 amide bonds. The minimum Gasteiger partial charge on any atom is -0.483 e. The molecule has 3 aromatic rings. The second-order valence-corrected chi connectivity index (χ2v) is 11.0. The average Bonchev–Trinajstić information content (AvgIpc) is 3.45. The third-order valence-electron chi connectivity index (χ3n) is 6.57. The van der Waals surface area contributed by atoms with Crippen molar-refractivity contribution in [2.45, 2.75) is 49.7 Å². The third kappa shape index (κ3) is 4.28. The van der Waals surface area contributed by atoms with E-state index in [1.54, 1.807) is 6.07 Å². The van der Waals surface area contributed by atoms with Crippen molar-refractivity contribution >= 4 is 38.8 Å². The summed E-state index contributed by atoms with van der Waals surface area (Å²) < 4.78 is 36.8. The number of benzene rings is 2. The van der Waals surface area contributed by atoms with Gasteiger partial charge >= 0.3 is 0 Å². The van der Waals surface area contributed by atoms with Crippen LogP contribution in [-0.4, -0.2) is 53.0 Å². The van der Waals surface area contributed by atoms with Gasteiger partial charge in [0.25, 0.3) is 0 Å². The number of nitrogens with one attached hydrogen (secondary N) is 1. The maximum Gasteiger partial charge on any atom is 0.151 e. The van der Waals surface area contributed by atoms with E-state index in [1.165, 1.54) is 31.3 Å². The molecule has 1 aromatic heterocycles. The molecule has 2 aromatic carbocycles. The van der Waals surface area contributed by atoms with Gasteiger partial charge in [-0.2, -0.15) is 0 Å². The molecule has 0 spiro atoms. The molecular weight excluding hydrogens is 455 g/mol. The standard InChI is InChI=1S/C25H27FN4O3S/c1-14-9-16(30-34(2)17-4-5-17)11-19-23(14)25(28-13-27-19)29-18-6-3-15(26)10-21(18)33-22-12-32-20-7-8-31-24(20)22/h3,6,9-11,13,17,20,22,24H,4-5,7-8,12H2,1-2H3,(H,27,28,29)/t20?,22-,24?,34?/m1/s1. The van der Waals surface area contributed by atoms with Crippen LogP contribution in [0.25, 0.3) is 10.9 Å². The normalized spacial score (nSPS) is 25.0. The minimum atomic E-state index is -0.371. The highest BCUT2D eigenvalue weighted by molar-refractivity contribution is 7.87. The van der Waals surface area contributed by atoms with Gasteiger partial charge in [0, 0.05) is 23.3 Å². The summed E-state index contributed by atoms with van der Waals surface area (Å²) >= 11 is 0. The van der Waals surface area contributed by atoms with Crippen LogP contribution in [0.15, 0.2) is 41.0 Å². The van der Waals surface area contributed by atoms with Gasteiger partial charge in [0.2, 0.25) is 0 Å². The number of halogens is 1. The highest BCUT2D eigenvalue weighted by atomic mass is 32.2. The summed E-state index contributed by atoms with van der Waals surface area (Å²) in [4.78, 5) is 8.99. The monoisotopic (exact) mass is 482 g/mol. The van der Waals surface area contributed by atoms with Gasteiger partial charge in [-0.05, 0) is 62.3 Å². The molecule has 6 rings (SSSR count). The van der Waals surface area contributed by atoms with Crippen molar-refractivity contribution in [3.63, 3.8) is 0 Å². The fourth-order valence-corrected chi connectivity index (χ4v) is 6.09. The largest absolute Gasteiger partial charge is 0.483 e. The molecule has 3 fully saturated rings. The van der Waals surface area contributed by atoms with Crippen LogP contribution in [0, 0.1) is 12.7 Å². The maximum absolute atomic E-state index is 14.1. The van der Waals surface area contributed by atoms with Gasteiger partial charge in [0.05, 0.1) is 29.6 Å². The van der Waals surface area contributed by atoms with Crippen LogP contribution in [0.4, 0.5) is 21.6 Å². The molecule has 2 saturated heterocycles. The molecule has 9 heteroatoms. The summed E-state index contributed by atoms with van der Waals surface area (Å²) in [6.07, 6.45) is 6.78. The molecule has 3 unspecified atom stereocenters. The number of rotatable bonds is 6.